The minimum absolute atomic E-state index is 0.104. The second-order valence-corrected chi connectivity index (χ2v) is 6.74. The van der Waals surface area contributed by atoms with Crippen LogP contribution >= 0.6 is 11.6 Å². The van der Waals surface area contributed by atoms with Crippen molar-refractivity contribution in [1.82, 2.24) is 20.1 Å². The number of rotatable bonds is 7. The molecular formula is C21H23ClN4O. The smallest absolute Gasteiger partial charge is 0.255 e. The lowest BCUT2D eigenvalue weighted by Gasteiger charge is -2.09. The van der Waals surface area contributed by atoms with E-state index in [0.717, 1.165) is 35.5 Å². The first-order valence-electron chi connectivity index (χ1n) is 9.17. The first-order chi connectivity index (χ1) is 13.1. The summed E-state index contributed by atoms with van der Waals surface area (Å²) in [6, 6.07) is 11.3. The number of halogens is 1. The molecule has 0 bridgehead atoms. The minimum atomic E-state index is -0.104. The van der Waals surface area contributed by atoms with Crippen LogP contribution in [0.5, 0.6) is 0 Å². The lowest BCUT2D eigenvalue weighted by Crippen LogP contribution is -2.25. The van der Waals surface area contributed by atoms with E-state index >= 15 is 0 Å². The fourth-order valence-electron chi connectivity index (χ4n) is 3.10. The van der Waals surface area contributed by atoms with Gasteiger partial charge >= 0.3 is 0 Å². The Kier molecular flexibility index (Phi) is 6.24. The normalized spacial score (nSPS) is 10.8. The molecule has 0 radical (unpaired) electrons. The third-order valence-electron chi connectivity index (χ3n) is 4.33. The van der Waals surface area contributed by atoms with Gasteiger partial charge in [-0.25, -0.2) is 4.68 Å². The van der Waals surface area contributed by atoms with Gasteiger partial charge in [0, 0.05) is 24.0 Å². The Hall–Kier alpha value is -2.66. The van der Waals surface area contributed by atoms with Crippen LogP contribution in [0.15, 0.2) is 48.8 Å². The molecule has 2 aromatic heterocycles. The van der Waals surface area contributed by atoms with Crippen molar-refractivity contribution in [3.63, 3.8) is 0 Å². The van der Waals surface area contributed by atoms with Gasteiger partial charge in [-0.1, -0.05) is 44.0 Å². The van der Waals surface area contributed by atoms with E-state index in [1.165, 1.54) is 0 Å². The molecule has 0 aliphatic heterocycles. The number of carbonyl (C=O) groups excluding carboxylic acids is 1. The van der Waals surface area contributed by atoms with E-state index in [1.54, 1.807) is 12.4 Å². The summed E-state index contributed by atoms with van der Waals surface area (Å²) < 4.78 is 1.84. The summed E-state index contributed by atoms with van der Waals surface area (Å²) in [7, 11) is 0. The Morgan fingerprint density at radius 3 is 2.74 bits per heavy atom. The van der Waals surface area contributed by atoms with E-state index in [2.05, 4.69) is 17.2 Å². The predicted octanol–water partition coefficient (Wildman–Crippen LogP) is 4.37. The highest BCUT2D eigenvalue weighted by molar-refractivity contribution is 6.30. The van der Waals surface area contributed by atoms with E-state index in [9.17, 15) is 4.79 Å². The number of pyridine rings is 1. The molecule has 3 aromatic rings. The molecule has 1 N–H and O–H groups in total. The second kappa shape index (κ2) is 8.82. The molecule has 0 spiro atoms. The molecule has 2 heterocycles. The Labute approximate surface area is 164 Å². The first kappa shape index (κ1) is 19.1. The highest BCUT2D eigenvalue weighted by Crippen LogP contribution is 2.23. The zero-order valence-corrected chi connectivity index (χ0v) is 16.3. The molecule has 6 heteroatoms. The summed E-state index contributed by atoms with van der Waals surface area (Å²) in [5.41, 5.74) is 4.21. The number of benzene rings is 1. The summed E-state index contributed by atoms with van der Waals surface area (Å²) in [6.45, 7) is 4.55. The van der Waals surface area contributed by atoms with Gasteiger partial charge in [0.15, 0.2) is 0 Å². The highest BCUT2D eigenvalue weighted by Gasteiger charge is 2.23. The van der Waals surface area contributed by atoms with Crippen LogP contribution in [-0.4, -0.2) is 20.7 Å². The van der Waals surface area contributed by atoms with Gasteiger partial charge in [0.05, 0.1) is 22.6 Å². The second-order valence-electron chi connectivity index (χ2n) is 6.31. The quantitative estimate of drug-likeness (QED) is 0.660. The monoisotopic (exact) mass is 382 g/mol. The molecule has 0 saturated carbocycles. The zero-order chi connectivity index (χ0) is 19.2. The van der Waals surface area contributed by atoms with E-state index in [0.29, 0.717) is 23.6 Å². The summed E-state index contributed by atoms with van der Waals surface area (Å²) in [4.78, 5) is 17.1. The molecule has 0 fully saturated rings. The maximum atomic E-state index is 13.0. The van der Waals surface area contributed by atoms with E-state index in [-0.39, 0.29) is 5.91 Å². The molecule has 0 aliphatic rings. The lowest BCUT2D eigenvalue weighted by atomic mass is 10.1. The van der Waals surface area contributed by atoms with E-state index < -0.39 is 0 Å². The summed E-state index contributed by atoms with van der Waals surface area (Å²) in [5.74, 6) is -0.104. The Morgan fingerprint density at radius 1 is 1.22 bits per heavy atom. The average Bonchev–Trinajstić information content (AvgIpc) is 3.05. The lowest BCUT2D eigenvalue weighted by molar-refractivity contribution is 0.0949. The molecule has 1 aromatic carbocycles. The standard InChI is InChI=1S/C21H23ClN4O/c1-3-7-18-20(21(27)24-14-15-8-6-11-23-13-15)19(4-2)26(25-18)17-10-5-9-16(22)12-17/h5-6,8-13H,3-4,7,14H2,1-2H3,(H,24,27). The molecule has 140 valence electrons. The number of aromatic nitrogens is 3. The van der Waals surface area contributed by atoms with Crippen LogP contribution in [0.3, 0.4) is 0 Å². The summed E-state index contributed by atoms with van der Waals surface area (Å²) in [5, 5.41) is 8.39. The maximum absolute atomic E-state index is 13.0. The van der Waals surface area contributed by atoms with Crippen molar-refractivity contribution in [1.29, 1.82) is 0 Å². The van der Waals surface area contributed by atoms with Crippen molar-refractivity contribution in [3.05, 3.63) is 76.3 Å². The van der Waals surface area contributed by atoms with Gasteiger partial charge in [-0.2, -0.15) is 5.10 Å². The van der Waals surface area contributed by atoms with Gasteiger partial charge in [0.2, 0.25) is 0 Å². The maximum Gasteiger partial charge on any atom is 0.255 e. The third kappa shape index (κ3) is 4.37. The zero-order valence-electron chi connectivity index (χ0n) is 15.6. The number of hydrogen-bond acceptors (Lipinski definition) is 3. The van der Waals surface area contributed by atoms with Crippen LogP contribution in [0.4, 0.5) is 0 Å². The molecule has 0 saturated heterocycles. The Balaban J connectivity index is 1.96. The van der Waals surface area contributed by atoms with Crippen LogP contribution < -0.4 is 5.32 Å². The van der Waals surface area contributed by atoms with E-state index in [4.69, 9.17) is 16.7 Å². The van der Waals surface area contributed by atoms with Crippen LogP contribution in [0, 0.1) is 0 Å². The summed E-state index contributed by atoms with van der Waals surface area (Å²) >= 11 is 6.15. The van der Waals surface area contributed by atoms with Gasteiger partial charge in [-0.05, 0) is 42.7 Å². The van der Waals surface area contributed by atoms with Crippen LogP contribution in [0.2, 0.25) is 5.02 Å². The van der Waals surface area contributed by atoms with Gasteiger partial charge in [-0.15, -0.1) is 0 Å². The topological polar surface area (TPSA) is 59.8 Å². The Bertz CT molecular complexity index is 921. The summed E-state index contributed by atoms with van der Waals surface area (Å²) in [6.07, 6.45) is 5.83. The van der Waals surface area contributed by atoms with Crippen LogP contribution in [-0.2, 0) is 19.4 Å². The molecular weight excluding hydrogens is 360 g/mol. The SMILES string of the molecule is CCCc1nn(-c2cccc(Cl)c2)c(CC)c1C(=O)NCc1cccnc1. The van der Waals surface area contributed by atoms with Gasteiger partial charge < -0.3 is 5.32 Å². The van der Waals surface area contributed by atoms with Crippen molar-refractivity contribution in [3.8, 4) is 5.69 Å². The minimum Gasteiger partial charge on any atom is -0.348 e. The fraction of sp³-hybridized carbons (Fsp3) is 0.286. The number of carbonyl (C=O) groups is 1. The third-order valence-corrected chi connectivity index (χ3v) is 4.57. The Morgan fingerprint density at radius 2 is 2.07 bits per heavy atom. The van der Waals surface area contributed by atoms with Gasteiger partial charge in [0.25, 0.3) is 5.91 Å². The molecule has 3 rings (SSSR count). The number of amides is 1. The molecule has 0 unspecified atom stereocenters. The van der Waals surface area contributed by atoms with Gasteiger partial charge in [-0.3, -0.25) is 9.78 Å². The van der Waals surface area contributed by atoms with Crippen molar-refractivity contribution >= 4 is 17.5 Å². The van der Waals surface area contributed by atoms with Crippen molar-refractivity contribution in [2.45, 2.75) is 39.7 Å². The number of nitrogens with zero attached hydrogens (tertiary/aromatic N) is 3. The highest BCUT2D eigenvalue weighted by atomic mass is 35.5. The molecule has 5 nitrogen and oxygen atoms in total. The largest absolute Gasteiger partial charge is 0.348 e. The average molecular weight is 383 g/mol. The number of hydrogen-bond donors (Lipinski definition) is 1. The van der Waals surface area contributed by atoms with Gasteiger partial charge in [0.1, 0.15) is 0 Å². The molecule has 0 aliphatic carbocycles. The molecule has 1 amide bonds. The first-order valence-corrected chi connectivity index (χ1v) is 9.55. The van der Waals surface area contributed by atoms with Crippen molar-refractivity contribution in [2.24, 2.45) is 0 Å². The number of aryl methyl sites for hydroxylation is 1. The van der Waals surface area contributed by atoms with Crippen molar-refractivity contribution < 1.29 is 4.79 Å². The van der Waals surface area contributed by atoms with Crippen LogP contribution in [0.1, 0.15) is 47.6 Å². The molecule has 0 atom stereocenters. The fourth-order valence-corrected chi connectivity index (χ4v) is 3.28. The van der Waals surface area contributed by atoms with E-state index in [1.807, 2.05) is 48.0 Å². The van der Waals surface area contributed by atoms with Crippen molar-refractivity contribution in [2.75, 3.05) is 0 Å². The molecule has 27 heavy (non-hydrogen) atoms. The predicted molar refractivity (Wildman–Crippen MR) is 107 cm³/mol. The van der Waals surface area contributed by atoms with Crippen LogP contribution in [0.25, 0.3) is 5.69 Å². The number of nitrogens with one attached hydrogen (secondary N) is 1.